The van der Waals surface area contributed by atoms with E-state index >= 15 is 4.39 Å². The predicted octanol–water partition coefficient (Wildman–Crippen LogP) is 4.35. The molecule has 2 aromatic carbocycles. The number of benzene rings is 2. The van der Waals surface area contributed by atoms with Gasteiger partial charge >= 0.3 is 0 Å². The Hall–Kier alpha value is -2.65. The highest BCUT2D eigenvalue weighted by Crippen LogP contribution is 2.34. The van der Waals surface area contributed by atoms with Crippen LogP contribution in [0.1, 0.15) is 11.3 Å². The van der Waals surface area contributed by atoms with Crippen LogP contribution in [0.25, 0.3) is 17.2 Å². The zero-order chi connectivity index (χ0) is 30.8. The molecule has 1 aromatic heterocycles. The van der Waals surface area contributed by atoms with E-state index in [0.717, 1.165) is 11.7 Å². The Morgan fingerprint density at radius 3 is 2.49 bits per heavy atom. The van der Waals surface area contributed by atoms with Crippen molar-refractivity contribution in [2.45, 2.75) is 17.4 Å². The summed E-state index contributed by atoms with van der Waals surface area (Å²) in [6.07, 6.45) is 2.72. The molecule has 2 aliphatic heterocycles. The van der Waals surface area contributed by atoms with Gasteiger partial charge in [0, 0.05) is 54.8 Å². The number of carbonyl (C=O) groups is 1. The Morgan fingerprint density at radius 1 is 1.07 bits per heavy atom. The van der Waals surface area contributed by atoms with Crippen molar-refractivity contribution < 1.29 is 30.8 Å². The fourth-order valence-electron chi connectivity index (χ4n) is 5.27. The number of morpholine rings is 1. The average Bonchev–Trinajstić information content (AvgIpc) is 3.57. The Balaban J connectivity index is 1.40. The normalized spacial score (nSPS) is 18.7. The summed E-state index contributed by atoms with van der Waals surface area (Å²) < 4.78 is 74.4. The third-order valence-corrected chi connectivity index (χ3v) is 11.3. The van der Waals surface area contributed by atoms with Gasteiger partial charge < -0.3 is 9.64 Å². The lowest BCUT2D eigenvalue weighted by Gasteiger charge is -2.31. The molecule has 1 amide bonds. The molecule has 3 heterocycles. The van der Waals surface area contributed by atoms with Crippen molar-refractivity contribution in [3.63, 3.8) is 0 Å². The van der Waals surface area contributed by atoms with Gasteiger partial charge in [0.15, 0.2) is 9.84 Å². The number of ether oxygens (including phenoxy) is 1. The number of anilines is 1. The van der Waals surface area contributed by atoms with E-state index in [2.05, 4.69) is 4.90 Å². The van der Waals surface area contributed by atoms with Crippen molar-refractivity contribution >= 4 is 60.5 Å². The zero-order valence-electron chi connectivity index (χ0n) is 23.4. The molecule has 3 aromatic rings. The Bertz CT molecular complexity index is 1740. The van der Waals surface area contributed by atoms with Gasteiger partial charge in [-0.05, 0) is 48.4 Å². The van der Waals surface area contributed by atoms with E-state index in [-0.39, 0.29) is 30.1 Å². The third kappa shape index (κ3) is 7.36. The van der Waals surface area contributed by atoms with Crippen LogP contribution in [0.15, 0.2) is 64.9 Å². The van der Waals surface area contributed by atoms with Crippen LogP contribution in [0.3, 0.4) is 0 Å². The molecule has 2 fully saturated rings. The first-order chi connectivity index (χ1) is 20.4. The first kappa shape index (κ1) is 31.8. The number of rotatable bonds is 10. The Labute approximate surface area is 260 Å². The number of sulfone groups is 1. The van der Waals surface area contributed by atoms with E-state index in [1.807, 2.05) is 0 Å². The summed E-state index contributed by atoms with van der Waals surface area (Å²) in [7, 11) is -7.61. The molecule has 0 spiro atoms. The standard InChI is InChI=1S/C29H31ClFN3O6S3/c1-42(36,37)27-5-3-2-4-23(27)21-6-8-25(24(31)20-21)33-12-10-26(29(33)35)34(14-13-32-15-17-40-18-16-32)43(38,39)19-11-22-7-9-28(30)41-22/h2-9,11,19-20,26H,10,12-18H2,1H3/b19-11+/t26-/m0/s1. The minimum absolute atomic E-state index is 0.00221. The van der Waals surface area contributed by atoms with E-state index in [0.29, 0.717) is 53.2 Å². The number of halogens is 2. The second kappa shape index (κ2) is 13.1. The van der Waals surface area contributed by atoms with Gasteiger partial charge in [-0.3, -0.25) is 9.69 Å². The van der Waals surface area contributed by atoms with Crippen molar-refractivity contribution in [2.24, 2.45) is 0 Å². The largest absolute Gasteiger partial charge is 0.379 e. The highest BCUT2D eigenvalue weighted by atomic mass is 35.5. The molecular weight excluding hydrogens is 637 g/mol. The van der Waals surface area contributed by atoms with E-state index in [1.54, 1.807) is 36.4 Å². The van der Waals surface area contributed by atoms with Crippen LogP contribution in [0, 0.1) is 5.82 Å². The van der Waals surface area contributed by atoms with Crippen molar-refractivity contribution in [3.05, 3.63) is 75.0 Å². The number of thiophene rings is 1. The topological polar surface area (TPSA) is 104 Å². The van der Waals surface area contributed by atoms with E-state index in [9.17, 15) is 21.6 Å². The zero-order valence-corrected chi connectivity index (χ0v) is 26.6. The van der Waals surface area contributed by atoms with Crippen molar-refractivity contribution in [3.8, 4) is 11.1 Å². The summed E-state index contributed by atoms with van der Waals surface area (Å²) in [5, 5.41) is 1.08. The van der Waals surface area contributed by atoms with Crippen molar-refractivity contribution in [2.75, 3.05) is 57.1 Å². The predicted molar refractivity (Wildman–Crippen MR) is 167 cm³/mol. The first-order valence-corrected chi connectivity index (χ1v) is 18.2. The number of sulfonamides is 1. The van der Waals surface area contributed by atoms with Gasteiger partial charge in [-0.25, -0.2) is 21.2 Å². The fraction of sp³-hybridized carbons (Fsp3) is 0.345. The monoisotopic (exact) mass is 667 g/mol. The van der Waals surface area contributed by atoms with Crippen LogP contribution in [-0.2, 0) is 29.4 Å². The number of hydrogen-bond acceptors (Lipinski definition) is 8. The highest BCUT2D eigenvalue weighted by molar-refractivity contribution is 7.92. The Kier molecular flexibility index (Phi) is 9.71. The summed E-state index contributed by atoms with van der Waals surface area (Å²) in [6, 6.07) is 12.9. The molecule has 0 radical (unpaired) electrons. The van der Waals surface area contributed by atoms with Crippen LogP contribution in [-0.4, -0.2) is 90.2 Å². The number of amides is 1. The summed E-state index contributed by atoms with van der Waals surface area (Å²) >= 11 is 7.23. The molecule has 0 bridgehead atoms. The lowest BCUT2D eigenvalue weighted by Crippen LogP contribution is -2.49. The maximum absolute atomic E-state index is 15.5. The van der Waals surface area contributed by atoms with E-state index < -0.39 is 37.6 Å². The minimum atomic E-state index is -4.05. The summed E-state index contributed by atoms with van der Waals surface area (Å²) in [4.78, 5) is 17.8. The Morgan fingerprint density at radius 2 is 1.81 bits per heavy atom. The molecule has 14 heteroatoms. The lowest BCUT2D eigenvalue weighted by atomic mass is 10.0. The smallest absolute Gasteiger partial charge is 0.245 e. The van der Waals surface area contributed by atoms with Crippen LogP contribution in [0.5, 0.6) is 0 Å². The molecule has 0 N–H and O–H groups in total. The number of nitrogens with zero attached hydrogens (tertiary/aromatic N) is 3. The van der Waals surface area contributed by atoms with Crippen molar-refractivity contribution in [1.82, 2.24) is 9.21 Å². The molecule has 9 nitrogen and oxygen atoms in total. The molecule has 5 rings (SSSR count). The van der Waals surface area contributed by atoms with Gasteiger partial charge in [-0.1, -0.05) is 35.9 Å². The van der Waals surface area contributed by atoms with Gasteiger partial charge in [0.05, 0.1) is 28.1 Å². The lowest BCUT2D eigenvalue weighted by molar-refractivity contribution is -0.120. The SMILES string of the molecule is CS(=O)(=O)c1ccccc1-c1ccc(N2CC[C@H](N(CCN3CCOCC3)S(=O)(=O)/C=C/c3ccc(Cl)s3)C2=O)c(F)c1. The second-order valence-electron chi connectivity index (χ2n) is 10.3. The molecule has 2 aliphatic rings. The molecule has 43 heavy (non-hydrogen) atoms. The fourth-order valence-corrected chi connectivity index (χ4v) is 8.59. The maximum Gasteiger partial charge on any atom is 0.245 e. The van der Waals surface area contributed by atoms with Crippen molar-refractivity contribution in [1.29, 1.82) is 0 Å². The highest BCUT2D eigenvalue weighted by Gasteiger charge is 2.42. The molecule has 1 atom stereocenters. The van der Waals surface area contributed by atoms with Crippen LogP contribution in [0.4, 0.5) is 10.1 Å². The summed E-state index contributed by atoms with van der Waals surface area (Å²) in [5.74, 6) is -1.24. The van der Waals surface area contributed by atoms with E-state index in [4.69, 9.17) is 16.3 Å². The van der Waals surface area contributed by atoms with Gasteiger partial charge in [0.1, 0.15) is 11.9 Å². The third-order valence-electron chi connectivity index (χ3n) is 7.43. The average molecular weight is 668 g/mol. The van der Waals surface area contributed by atoms with Gasteiger partial charge in [0.25, 0.3) is 0 Å². The molecule has 2 saturated heterocycles. The van der Waals surface area contributed by atoms with Gasteiger partial charge in [0.2, 0.25) is 15.9 Å². The maximum atomic E-state index is 15.5. The van der Waals surface area contributed by atoms with E-state index in [1.165, 1.54) is 44.8 Å². The van der Waals surface area contributed by atoms with Crippen LogP contribution in [0.2, 0.25) is 4.34 Å². The van der Waals surface area contributed by atoms with Gasteiger partial charge in [-0.2, -0.15) is 4.31 Å². The molecular formula is C29H31ClFN3O6S3. The summed E-state index contributed by atoms with van der Waals surface area (Å²) in [6.45, 7) is 3.01. The molecule has 230 valence electrons. The second-order valence-corrected chi connectivity index (χ2v) is 15.8. The first-order valence-electron chi connectivity index (χ1n) is 13.6. The van der Waals surface area contributed by atoms with Crippen LogP contribution < -0.4 is 4.90 Å². The number of hydrogen-bond donors (Lipinski definition) is 0. The molecule has 0 unspecified atom stereocenters. The number of carbonyl (C=O) groups excluding carboxylic acids is 1. The van der Waals surface area contributed by atoms with Crippen LogP contribution >= 0.6 is 22.9 Å². The molecule has 0 aliphatic carbocycles. The quantitative estimate of drug-likeness (QED) is 0.317. The minimum Gasteiger partial charge on any atom is -0.379 e. The summed E-state index contributed by atoms with van der Waals surface area (Å²) in [5.41, 5.74) is 0.696. The molecule has 0 saturated carbocycles. The van der Waals surface area contributed by atoms with Gasteiger partial charge in [-0.15, -0.1) is 11.3 Å².